The summed E-state index contributed by atoms with van der Waals surface area (Å²) in [5.74, 6) is -0.468. The molecule has 2 heterocycles. The van der Waals surface area contributed by atoms with Crippen LogP contribution >= 0.6 is 0 Å². The highest BCUT2D eigenvalue weighted by Gasteiger charge is 2.43. The summed E-state index contributed by atoms with van der Waals surface area (Å²) >= 11 is 0. The van der Waals surface area contributed by atoms with Crippen LogP contribution in [0.4, 0.5) is 9.59 Å². The van der Waals surface area contributed by atoms with E-state index in [0.717, 1.165) is 24.0 Å². The van der Waals surface area contributed by atoms with E-state index in [0.29, 0.717) is 13.0 Å². The standard InChI is InChI=1S/C26H31N3O7/c30-24-23(29-26(32)35-17-19-11-5-2-6-12-19)22(20(15-27-24)36-21-13-7-8-14-33-21)28-25(31)34-16-18-9-3-1-4-10-18/h1-6,9-12,20-23H,7-8,13-17H2,(H,27,30)(H,28,31)(H,29,32). The van der Waals surface area contributed by atoms with Gasteiger partial charge in [-0.1, -0.05) is 60.7 Å². The summed E-state index contributed by atoms with van der Waals surface area (Å²) in [7, 11) is 0. The second kappa shape index (κ2) is 12.9. The monoisotopic (exact) mass is 497 g/mol. The molecule has 192 valence electrons. The van der Waals surface area contributed by atoms with E-state index in [1.807, 2.05) is 60.7 Å². The average molecular weight is 498 g/mol. The number of nitrogens with one attached hydrogen (secondary N) is 3. The molecule has 2 saturated heterocycles. The number of alkyl carbamates (subject to hydrolysis) is 2. The molecule has 0 saturated carbocycles. The Morgan fingerprint density at radius 2 is 1.50 bits per heavy atom. The van der Waals surface area contributed by atoms with Crippen molar-refractivity contribution >= 4 is 18.1 Å². The fourth-order valence-corrected chi connectivity index (χ4v) is 4.09. The number of hydrogen-bond acceptors (Lipinski definition) is 7. The summed E-state index contributed by atoms with van der Waals surface area (Å²) in [4.78, 5) is 38.0. The fourth-order valence-electron chi connectivity index (χ4n) is 4.09. The molecule has 4 unspecified atom stereocenters. The predicted molar refractivity (Wildman–Crippen MR) is 129 cm³/mol. The number of piperidine rings is 1. The van der Waals surface area contributed by atoms with Crippen LogP contribution in [0.15, 0.2) is 60.7 Å². The lowest BCUT2D eigenvalue weighted by Crippen LogP contribution is -2.69. The van der Waals surface area contributed by atoms with Gasteiger partial charge in [-0.15, -0.1) is 0 Å². The van der Waals surface area contributed by atoms with Gasteiger partial charge in [-0.05, 0) is 30.4 Å². The highest BCUT2D eigenvalue weighted by molar-refractivity contribution is 5.88. The number of amides is 3. The van der Waals surface area contributed by atoms with Crippen molar-refractivity contribution in [3.8, 4) is 0 Å². The lowest BCUT2D eigenvalue weighted by atomic mass is 9.97. The Kier molecular flexibility index (Phi) is 9.12. The van der Waals surface area contributed by atoms with Crippen LogP contribution < -0.4 is 16.0 Å². The first-order valence-electron chi connectivity index (χ1n) is 12.1. The minimum Gasteiger partial charge on any atom is -0.445 e. The zero-order valence-corrected chi connectivity index (χ0v) is 19.9. The number of carbonyl (C=O) groups excluding carboxylic acids is 3. The number of rotatable bonds is 8. The Morgan fingerprint density at radius 1 is 0.889 bits per heavy atom. The maximum Gasteiger partial charge on any atom is 0.408 e. The van der Waals surface area contributed by atoms with Crippen LogP contribution in [-0.4, -0.2) is 55.7 Å². The van der Waals surface area contributed by atoms with Gasteiger partial charge in [0.15, 0.2) is 6.29 Å². The van der Waals surface area contributed by atoms with E-state index in [1.165, 1.54) is 0 Å². The first kappa shape index (κ1) is 25.5. The zero-order chi connectivity index (χ0) is 25.2. The van der Waals surface area contributed by atoms with E-state index in [1.54, 1.807) is 0 Å². The first-order chi connectivity index (χ1) is 17.6. The maximum atomic E-state index is 12.8. The first-order valence-corrected chi connectivity index (χ1v) is 12.1. The van der Waals surface area contributed by atoms with Crippen molar-refractivity contribution in [2.75, 3.05) is 13.2 Å². The van der Waals surface area contributed by atoms with Gasteiger partial charge in [0.1, 0.15) is 25.4 Å². The molecule has 2 aromatic rings. The van der Waals surface area contributed by atoms with E-state index in [-0.39, 0.29) is 19.8 Å². The molecule has 4 atom stereocenters. The molecule has 2 aliphatic rings. The minimum atomic E-state index is -1.14. The van der Waals surface area contributed by atoms with Crippen LogP contribution in [0.2, 0.25) is 0 Å². The van der Waals surface area contributed by atoms with Gasteiger partial charge in [-0.25, -0.2) is 9.59 Å². The van der Waals surface area contributed by atoms with Gasteiger partial charge in [0.05, 0.1) is 6.04 Å². The number of hydrogen-bond donors (Lipinski definition) is 3. The molecule has 0 aromatic heterocycles. The Labute approximate surface area is 209 Å². The summed E-state index contributed by atoms with van der Waals surface area (Å²) in [5.41, 5.74) is 1.62. The average Bonchev–Trinajstić information content (AvgIpc) is 2.91. The van der Waals surface area contributed by atoms with Crippen molar-refractivity contribution in [2.24, 2.45) is 0 Å². The van der Waals surface area contributed by atoms with Gasteiger partial charge in [0.25, 0.3) is 0 Å². The third kappa shape index (κ3) is 7.43. The van der Waals surface area contributed by atoms with Crippen molar-refractivity contribution in [2.45, 2.75) is 57.0 Å². The minimum absolute atomic E-state index is 0.0358. The lowest BCUT2D eigenvalue weighted by molar-refractivity contribution is -0.197. The van der Waals surface area contributed by atoms with Gasteiger partial charge in [-0.3, -0.25) is 4.79 Å². The molecule has 2 aliphatic heterocycles. The lowest BCUT2D eigenvalue weighted by Gasteiger charge is -2.39. The molecule has 10 heteroatoms. The second-order valence-electron chi connectivity index (χ2n) is 8.63. The van der Waals surface area contributed by atoms with Gasteiger partial charge in [0.2, 0.25) is 5.91 Å². The second-order valence-corrected chi connectivity index (χ2v) is 8.63. The van der Waals surface area contributed by atoms with Crippen LogP contribution in [0, 0.1) is 0 Å². The molecule has 3 amide bonds. The van der Waals surface area contributed by atoms with Gasteiger partial charge < -0.3 is 34.9 Å². The SMILES string of the molecule is O=C(NC1C(=O)NCC(OC2CCCCO2)C1NC(=O)OCc1ccccc1)OCc1ccccc1. The van der Waals surface area contributed by atoms with Crippen molar-refractivity contribution in [1.29, 1.82) is 0 Å². The molecule has 0 radical (unpaired) electrons. The molecule has 4 rings (SSSR count). The molecule has 2 aromatic carbocycles. The van der Waals surface area contributed by atoms with E-state index < -0.39 is 42.6 Å². The van der Waals surface area contributed by atoms with Gasteiger partial charge >= 0.3 is 12.2 Å². The highest BCUT2D eigenvalue weighted by atomic mass is 16.7. The van der Waals surface area contributed by atoms with Crippen LogP contribution in [0.25, 0.3) is 0 Å². The molecular formula is C26H31N3O7. The molecular weight excluding hydrogens is 466 g/mol. The molecule has 2 fully saturated rings. The quantitative estimate of drug-likeness (QED) is 0.512. The number of ether oxygens (including phenoxy) is 4. The molecule has 10 nitrogen and oxygen atoms in total. The fraction of sp³-hybridized carbons (Fsp3) is 0.423. The summed E-state index contributed by atoms with van der Waals surface area (Å²) < 4.78 is 22.4. The molecule has 0 spiro atoms. The number of carbonyl (C=O) groups is 3. The molecule has 3 N–H and O–H groups in total. The van der Waals surface area contributed by atoms with Gasteiger partial charge in [0, 0.05) is 13.2 Å². The Balaban J connectivity index is 1.41. The zero-order valence-electron chi connectivity index (χ0n) is 19.9. The van der Waals surface area contributed by atoms with Crippen molar-refractivity contribution in [1.82, 2.24) is 16.0 Å². The van der Waals surface area contributed by atoms with Crippen molar-refractivity contribution in [3.63, 3.8) is 0 Å². The summed E-state index contributed by atoms with van der Waals surface area (Å²) in [5, 5.41) is 8.02. The smallest absolute Gasteiger partial charge is 0.408 e. The van der Waals surface area contributed by atoms with Crippen molar-refractivity contribution < 1.29 is 33.3 Å². The topological polar surface area (TPSA) is 124 Å². The van der Waals surface area contributed by atoms with Crippen LogP contribution in [0.3, 0.4) is 0 Å². The summed E-state index contributed by atoms with van der Waals surface area (Å²) in [6.45, 7) is 0.808. The summed E-state index contributed by atoms with van der Waals surface area (Å²) in [6.07, 6.45) is -0.0456. The highest BCUT2D eigenvalue weighted by Crippen LogP contribution is 2.20. The normalized spacial score (nSPS) is 23.7. The van der Waals surface area contributed by atoms with E-state index in [2.05, 4.69) is 16.0 Å². The molecule has 0 aliphatic carbocycles. The Morgan fingerprint density at radius 3 is 2.08 bits per heavy atom. The van der Waals surface area contributed by atoms with Crippen molar-refractivity contribution in [3.05, 3.63) is 71.8 Å². The van der Waals surface area contributed by atoms with Gasteiger partial charge in [-0.2, -0.15) is 0 Å². The van der Waals surface area contributed by atoms with E-state index in [9.17, 15) is 14.4 Å². The third-order valence-corrected chi connectivity index (χ3v) is 5.97. The molecule has 36 heavy (non-hydrogen) atoms. The third-order valence-electron chi connectivity index (χ3n) is 5.97. The van der Waals surface area contributed by atoms with E-state index >= 15 is 0 Å². The Bertz CT molecular complexity index is 999. The summed E-state index contributed by atoms with van der Waals surface area (Å²) in [6, 6.07) is 16.4. The Hall–Kier alpha value is -3.63. The van der Waals surface area contributed by atoms with Crippen LogP contribution in [0.1, 0.15) is 30.4 Å². The van der Waals surface area contributed by atoms with Crippen LogP contribution in [-0.2, 0) is 37.0 Å². The number of benzene rings is 2. The van der Waals surface area contributed by atoms with E-state index in [4.69, 9.17) is 18.9 Å². The van der Waals surface area contributed by atoms with Crippen LogP contribution in [0.5, 0.6) is 0 Å². The molecule has 0 bridgehead atoms. The largest absolute Gasteiger partial charge is 0.445 e. The maximum absolute atomic E-state index is 12.8. The predicted octanol–water partition coefficient (Wildman–Crippen LogP) is 2.62.